The number of nitrogens with one attached hydrogen (secondary N) is 1. The number of hydrogen-bond donors (Lipinski definition) is 1. The molecule has 18 heavy (non-hydrogen) atoms. The molecular formula is C16H18BrN. The molecule has 0 bridgehead atoms. The van der Waals surface area contributed by atoms with E-state index >= 15 is 0 Å². The highest BCUT2D eigenvalue weighted by atomic mass is 79.9. The van der Waals surface area contributed by atoms with Gasteiger partial charge in [0, 0.05) is 16.7 Å². The zero-order chi connectivity index (χ0) is 13.1. The molecule has 0 fully saturated rings. The molecule has 0 aromatic heterocycles. The van der Waals surface area contributed by atoms with E-state index in [1.807, 2.05) is 0 Å². The van der Waals surface area contributed by atoms with E-state index in [0.717, 1.165) is 11.0 Å². The maximum Gasteiger partial charge on any atom is 0.0406 e. The zero-order valence-electron chi connectivity index (χ0n) is 11.0. The fourth-order valence-corrected chi connectivity index (χ4v) is 2.32. The number of anilines is 1. The van der Waals surface area contributed by atoms with E-state index in [2.05, 4.69) is 78.4 Å². The smallest absolute Gasteiger partial charge is 0.0406 e. The van der Waals surface area contributed by atoms with E-state index in [-0.39, 0.29) is 0 Å². The Morgan fingerprint density at radius 3 is 2.22 bits per heavy atom. The third-order valence-corrected chi connectivity index (χ3v) is 4.16. The van der Waals surface area contributed by atoms with Gasteiger partial charge in [0.1, 0.15) is 0 Å². The maximum absolute atomic E-state index is 3.52. The molecule has 0 amide bonds. The van der Waals surface area contributed by atoms with Crippen LogP contribution in [0.3, 0.4) is 0 Å². The van der Waals surface area contributed by atoms with Crippen molar-refractivity contribution in [3.05, 3.63) is 63.1 Å². The molecule has 2 heteroatoms. The number of benzene rings is 2. The minimum Gasteiger partial charge on any atom is -0.381 e. The van der Waals surface area contributed by atoms with E-state index in [9.17, 15) is 0 Å². The number of aryl methyl sites for hydroxylation is 3. The van der Waals surface area contributed by atoms with Crippen LogP contribution in [-0.2, 0) is 6.54 Å². The van der Waals surface area contributed by atoms with Crippen LogP contribution in [0.5, 0.6) is 0 Å². The summed E-state index contributed by atoms with van der Waals surface area (Å²) in [6.07, 6.45) is 0. The minimum absolute atomic E-state index is 0.875. The lowest BCUT2D eigenvalue weighted by atomic mass is 10.0. The first-order valence-corrected chi connectivity index (χ1v) is 6.92. The molecule has 0 aliphatic heterocycles. The van der Waals surface area contributed by atoms with Crippen molar-refractivity contribution in [3.63, 3.8) is 0 Å². The normalized spacial score (nSPS) is 10.4. The molecule has 0 aliphatic carbocycles. The predicted molar refractivity (Wildman–Crippen MR) is 82.1 cm³/mol. The summed E-state index contributed by atoms with van der Waals surface area (Å²) in [4.78, 5) is 0. The van der Waals surface area contributed by atoms with Gasteiger partial charge in [-0.15, -0.1) is 0 Å². The molecule has 0 radical (unpaired) electrons. The van der Waals surface area contributed by atoms with E-state index in [0.29, 0.717) is 0 Å². The highest BCUT2D eigenvalue weighted by molar-refractivity contribution is 9.10. The molecule has 2 aromatic carbocycles. The SMILES string of the molecule is Cc1cc(NCc2c(C)cccc2C)ccc1Br. The van der Waals surface area contributed by atoms with Gasteiger partial charge in [-0.25, -0.2) is 0 Å². The van der Waals surface area contributed by atoms with Gasteiger partial charge < -0.3 is 5.32 Å². The van der Waals surface area contributed by atoms with Crippen LogP contribution in [0.2, 0.25) is 0 Å². The van der Waals surface area contributed by atoms with Gasteiger partial charge in [-0.1, -0.05) is 34.1 Å². The predicted octanol–water partition coefficient (Wildman–Crippen LogP) is 4.99. The fourth-order valence-electron chi connectivity index (χ4n) is 2.07. The quantitative estimate of drug-likeness (QED) is 0.842. The Labute approximate surface area is 117 Å². The molecule has 94 valence electrons. The molecule has 0 saturated carbocycles. The van der Waals surface area contributed by atoms with Crippen molar-refractivity contribution >= 4 is 21.6 Å². The summed E-state index contributed by atoms with van der Waals surface area (Å²) in [5.41, 5.74) is 6.49. The summed E-state index contributed by atoms with van der Waals surface area (Å²) in [5.74, 6) is 0. The summed E-state index contributed by atoms with van der Waals surface area (Å²) in [5, 5.41) is 3.49. The second-order valence-electron chi connectivity index (χ2n) is 4.69. The van der Waals surface area contributed by atoms with Crippen LogP contribution in [0.4, 0.5) is 5.69 Å². The monoisotopic (exact) mass is 303 g/mol. The number of hydrogen-bond acceptors (Lipinski definition) is 1. The van der Waals surface area contributed by atoms with E-state index in [4.69, 9.17) is 0 Å². The Bertz CT molecular complexity index is 541. The van der Waals surface area contributed by atoms with Crippen LogP contribution in [0.1, 0.15) is 22.3 Å². The van der Waals surface area contributed by atoms with Gasteiger partial charge in [-0.2, -0.15) is 0 Å². The van der Waals surface area contributed by atoms with Crippen LogP contribution in [0.25, 0.3) is 0 Å². The van der Waals surface area contributed by atoms with Crippen LogP contribution < -0.4 is 5.32 Å². The standard InChI is InChI=1S/C16H18BrN/c1-11-5-4-6-12(2)15(11)10-18-14-7-8-16(17)13(3)9-14/h4-9,18H,10H2,1-3H3. The second kappa shape index (κ2) is 5.57. The zero-order valence-corrected chi connectivity index (χ0v) is 12.6. The summed E-state index contributed by atoms with van der Waals surface area (Å²) in [7, 11) is 0. The van der Waals surface area contributed by atoms with Gasteiger partial charge in [-0.3, -0.25) is 0 Å². The summed E-state index contributed by atoms with van der Waals surface area (Å²) in [6.45, 7) is 7.31. The van der Waals surface area contributed by atoms with Crippen LogP contribution in [0, 0.1) is 20.8 Å². The first kappa shape index (κ1) is 13.2. The second-order valence-corrected chi connectivity index (χ2v) is 5.54. The van der Waals surface area contributed by atoms with Crippen molar-refractivity contribution in [1.29, 1.82) is 0 Å². The van der Waals surface area contributed by atoms with Gasteiger partial charge in [0.15, 0.2) is 0 Å². The topological polar surface area (TPSA) is 12.0 Å². The van der Waals surface area contributed by atoms with Crippen molar-refractivity contribution in [2.45, 2.75) is 27.3 Å². The van der Waals surface area contributed by atoms with Crippen molar-refractivity contribution in [2.75, 3.05) is 5.32 Å². The molecule has 2 rings (SSSR count). The van der Waals surface area contributed by atoms with E-state index in [1.54, 1.807) is 0 Å². The van der Waals surface area contributed by atoms with Crippen molar-refractivity contribution in [3.8, 4) is 0 Å². The Balaban J connectivity index is 2.14. The average Bonchev–Trinajstić information content (AvgIpc) is 2.33. The first-order chi connectivity index (χ1) is 8.58. The third-order valence-electron chi connectivity index (χ3n) is 3.27. The van der Waals surface area contributed by atoms with Crippen molar-refractivity contribution in [1.82, 2.24) is 0 Å². The highest BCUT2D eigenvalue weighted by Crippen LogP contribution is 2.21. The first-order valence-electron chi connectivity index (χ1n) is 6.13. The summed E-state index contributed by atoms with van der Waals surface area (Å²) < 4.78 is 1.15. The number of halogens is 1. The van der Waals surface area contributed by atoms with Gasteiger partial charge in [-0.05, 0) is 61.2 Å². The van der Waals surface area contributed by atoms with Crippen LogP contribution in [0.15, 0.2) is 40.9 Å². The molecule has 0 heterocycles. The Morgan fingerprint density at radius 1 is 0.944 bits per heavy atom. The lowest BCUT2D eigenvalue weighted by Gasteiger charge is -2.12. The van der Waals surface area contributed by atoms with E-state index in [1.165, 1.54) is 27.9 Å². The Hall–Kier alpha value is -1.28. The van der Waals surface area contributed by atoms with Crippen molar-refractivity contribution in [2.24, 2.45) is 0 Å². The van der Waals surface area contributed by atoms with Crippen molar-refractivity contribution < 1.29 is 0 Å². The maximum atomic E-state index is 3.52. The third kappa shape index (κ3) is 2.94. The molecule has 1 nitrogen and oxygen atoms in total. The molecule has 0 spiro atoms. The molecule has 0 unspecified atom stereocenters. The van der Waals surface area contributed by atoms with Crippen LogP contribution >= 0.6 is 15.9 Å². The molecule has 2 aromatic rings. The summed E-state index contributed by atoms with van der Waals surface area (Å²) >= 11 is 3.52. The van der Waals surface area contributed by atoms with Gasteiger partial charge in [0.2, 0.25) is 0 Å². The van der Waals surface area contributed by atoms with Gasteiger partial charge in [0.05, 0.1) is 0 Å². The molecule has 0 aliphatic rings. The van der Waals surface area contributed by atoms with Gasteiger partial charge in [0.25, 0.3) is 0 Å². The Kier molecular flexibility index (Phi) is 4.07. The summed E-state index contributed by atoms with van der Waals surface area (Å²) in [6, 6.07) is 12.8. The lowest BCUT2D eigenvalue weighted by molar-refractivity contribution is 1.09. The Morgan fingerprint density at radius 2 is 1.61 bits per heavy atom. The van der Waals surface area contributed by atoms with Crippen LogP contribution in [-0.4, -0.2) is 0 Å². The largest absolute Gasteiger partial charge is 0.381 e. The minimum atomic E-state index is 0.875. The molecule has 0 saturated heterocycles. The average molecular weight is 304 g/mol. The fraction of sp³-hybridized carbons (Fsp3) is 0.250. The van der Waals surface area contributed by atoms with Gasteiger partial charge >= 0.3 is 0 Å². The molecular weight excluding hydrogens is 286 g/mol. The molecule has 1 N–H and O–H groups in total. The molecule has 0 atom stereocenters. The number of rotatable bonds is 3. The van der Waals surface area contributed by atoms with E-state index < -0.39 is 0 Å². The highest BCUT2D eigenvalue weighted by Gasteiger charge is 2.02. The lowest BCUT2D eigenvalue weighted by Crippen LogP contribution is -2.03.